The lowest BCUT2D eigenvalue weighted by Gasteiger charge is -2.11. The topological polar surface area (TPSA) is 55.1 Å². The molecule has 0 aliphatic heterocycles. The highest BCUT2D eigenvalue weighted by atomic mass is 35.5. The molecule has 1 unspecified atom stereocenters. The molecule has 0 aliphatic carbocycles. The highest BCUT2D eigenvalue weighted by Crippen LogP contribution is 2.22. The van der Waals surface area contributed by atoms with Crippen LogP contribution in [0.5, 0.6) is 0 Å². The van der Waals surface area contributed by atoms with E-state index in [2.05, 4.69) is 19.2 Å². The third kappa shape index (κ3) is 3.76. The Bertz CT molecular complexity index is 638. The Morgan fingerprint density at radius 3 is 2.48 bits per heavy atom. The van der Waals surface area contributed by atoms with Gasteiger partial charge in [0.25, 0.3) is 5.91 Å². The lowest BCUT2D eigenvalue weighted by atomic mass is 9.98. The first-order valence-corrected chi connectivity index (χ1v) is 7.35. The molecule has 0 aromatic heterocycles. The van der Waals surface area contributed by atoms with E-state index in [0.29, 0.717) is 22.2 Å². The van der Waals surface area contributed by atoms with Gasteiger partial charge in [0.15, 0.2) is 0 Å². The predicted molar refractivity (Wildman–Crippen MR) is 89.0 cm³/mol. The number of hydrogen-bond donors (Lipinski definition) is 2. The molecule has 0 saturated carbocycles. The number of carbonyl (C=O) groups is 1. The molecule has 21 heavy (non-hydrogen) atoms. The third-order valence-corrected chi connectivity index (χ3v) is 3.84. The third-order valence-electron chi connectivity index (χ3n) is 3.61. The Balaban J connectivity index is 2.12. The molecule has 0 spiro atoms. The largest absolute Gasteiger partial charge is 0.398 e. The Labute approximate surface area is 130 Å². The summed E-state index contributed by atoms with van der Waals surface area (Å²) in [7, 11) is 0. The van der Waals surface area contributed by atoms with Crippen LogP contribution in [0.1, 0.15) is 42.1 Å². The maximum Gasteiger partial charge on any atom is 0.257 e. The zero-order valence-electron chi connectivity index (χ0n) is 12.2. The molecule has 1 amide bonds. The molecule has 110 valence electrons. The first kappa shape index (κ1) is 15.4. The van der Waals surface area contributed by atoms with Gasteiger partial charge in [-0.05, 0) is 48.2 Å². The summed E-state index contributed by atoms with van der Waals surface area (Å²) >= 11 is 5.83. The van der Waals surface area contributed by atoms with E-state index in [0.717, 1.165) is 12.1 Å². The first-order valence-electron chi connectivity index (χ1n) is 6.97. The minimum Gasteiger partial charge on any atom is -0.398 e. The molecular formula is C17H19ClN2O. The van der Waals surface area contributed by atoms with Crippen LogP contribution in [-0.2, 0) is 0 Å². The molecule has 0 fully saturated rings. The normalized spacial score (nSPS) is 12.0. The van der Waals surface area contributed by atoms with Crippen LogP contribution >= 0.6 is 11.6 Å². The number of anilines is 2. The number of halogens is 1. The number of rotatable bonds is 4. The molecule has 2 aromatic carbocycles. The van der Waals surface area contributed by atoms with Gasteiger partial charge >= 0.3 is 0 Å². The van der Waals surface area contributed by atoms with Crippen LogP contribution in [-0.4, -0.2) is 5.91 Å². The van der Waals surface area contributed by atoms with Crippen LogP contribution in [0.15, 0.2) is 42.5 Å². The van der Waals surface area contributed by atoms with Crippen LogP contribution in [0.3, 0.4) is 0 Å². The van der Waals surface area contributed by atoms with E-state index in [1.165, 1.54) is 5.56 Å². The van der Waals surface area contributed by atoms with E-state index < -0.39 is 0 Å². The van der Waals surface area contributed by atoms with E-state index >= 15 is 0 Å². The Morgan fingerprint density at radius 1 is 1.24 bits per heavy atom. The highest BCUT2D eigenvalue weighted by molar-refractivity contribution is 6.31. The minimum absolute atomic E-state index is 0.236. The van der Waals surface area contributed by atoms with Gasteiger partial charge < -0.3 is 11.1 Å². The summed E-state index contributed by atoms with van der Waals surface area (Å²) < 4.78 is 0. The molecule has 0 saturated heterocycles. The van der Waals surface area contributed by atoms with E-state index in [4.69, 9.17) is 17.3 Å². The van der Waals surface area contributed by atoms with Gasteiger partial charge in [-0.3, -0.25) is 4.79 Å². The second-order valence-electron chi connectivity index (χ2n) is 5.12. The maximum atomic E-state index is 12.2. The van der Waals surface area contributed by atoms with Gasteiger partial charge in [-0.1, -0.05) is 37.6 Å². The SMILES string of the molecule is CCC(C)c1ccc(NC(=O)c2ccc(Cl)cc2N)cc1. The van der Waals surface area contributed by atoms with Gasteiger partial charge in [0.05, 0.1) is 5.56 Å². The molecular weight excluding hydrogens is 284 g/mol. The zero-order chi connectivity index (χ0) is 15.4. The van der Waals surface area contributed by atoms with E-state index in [-0.39, 0.29) is 5.91 Å². The molecule has 0 radical (unpaired) electrons. The van der Waals surface area contributed by atoms with Gasteiger partial charge in [-0.2, -0.15) is 0 Å². The van der Waals surface area contributed by atoms with Crippen LogP contribution < -0.4 is 11.1 Å². The monoisotopic (exact) mass is 302 g/mol. The van der Waals surface area contributed by atoms with Crippen molar-refractivity contribution in [1.29, 1.82) is 0 Å². The Kier molecular flexibility index (Phi) is 4.86. The van der Waals surface area contributed by atoms with E-state index in [1.807, 2.05) is 24.3 Å². The summed E-state index contributed by atoms with van der Waals surface area (Å²) in [5.41, 5.74) is 8.62. The van der Waals surface area contributed by atoms with Crippen molar-refractivity contribution in [2.24, 2.45) is 0 Å². The van der Waals surface area contributed by atoms with Crippen molar-refractivity contribution in [3.8, 4) is 0 Å². The van der Waals surface area contributed by atoms with Crippen molar-refractivity contribution in [2.75, 3.05) is 11.1 Å². The predicted octanol–water partition coefficient (Wildman–Crippen LogP) is 4.69. The van der Waals surface area contributed by atoms with Gasteiger partial charge in [-0.25, -0.2) is 0 Å². The molecule has 0 aliphatic rings. The van der Waals surface area contributed by atoms with Crippen molar-refractivity contribution in [3.63, 3.8) is 0 Å². The summed E-state index contributed by atoms with van der Waals surface area (Å²) in [4.78, 5) is 12.2. The highest BCUT2D eigenvalue weighted by Gasteiger charge is 2.10. The van der Waals surface area contributed by atoms with Crippen LogP contribution in [0.4, 0.5) is 11.4 Å². The van der Waals surface area contributed by atoms with Crippen LogP contribution in [0.25, 0.3) is 0 Å². The standard InChI is InChI=1S/C17H19ClN2O/c1-3-11(2)12-4-7-14(8-5-12)20-17(21)15-9-6-13(18)10-16(15)19/h4-11H,3,19H2,1-2H3,(H,20,21). The fraction of sp³-hybridized carbons (Fsp3) is 0.235. The van der Waals surface area contributed by atoms with Crippen molar-refractivity contribution < 1.29 is 4.79 Å². The average Bonchev–Trinajstić information content (AvgIpc) is 2.47. The Morgan fingerprint density at radius 2 is 1.90 bits per heavy atom. The van der Waals surface area contributed by atoms with Crippen LogP contribution in [0.2, 0.25) is 5.02 Å². The van der Waals surface area contributed by atoms with Crippen molar-refractivity contribution in [2.45, 2.75) is 26.2 Å². The molecule has 0 bridgehead atoms. The summed E-state index contributed by atoms with van der Waals surface area (Å²) in [6.45, 7) is 4.34. The number of amides is 1. The molecule has 3 nitrogen and oxygen atoms in total. The molecule has 4 heteroatoms. The second kappa shape index (κ2) is 6.64. The summed E-state index contributed by atoms with van der Waals surface area (Å²) in [6.07, 6.45) is 1.09. The van der Waals surface area contributed by atoms with Gasteiger partial charge in [0, 0.05) is 16.4 Å². The van der Waals surface area contributed by atoms with E-state index in [1.54, 1.807) is 18.2 Å². The minimum atomic E-state index is -0.236. The second-order valence-corrected chi connectivity index (χ2v) is 5.55. The average molecular weight is 303 g/mol. The van der Waals surface area contributed by atoms with Crippen molar-refractivity contribution in [3.05, 3.63) is 58.6 Å². The fourth-order valence-electron chi connectivity index (χ4n) is 2.07. The zero-order valence-corrected chi connectivity index (χ0v) is 12.9. The van der Waals surface area contributed by atoms with Gasteiger partial charge in [0.2, 0.25) is 0 Å². The summed E-state index contributed by atoms with van der Waals surface area (Å²) in [6, 6.07) is 12.7. The van der Waals surface area contributed by atoms with Crippen molar-refractivity contribution in [1.82, 2.24) is 0 Å². The van der Waals surface area contributed by atoms with Crippen LogP contribution in [0, 0.1) is 0 Å². The number of benzene rings is 2. The lowest BCUT2D eigenvalue weighted by molar-refractivity contribution is 0.102. The van der Waals surface area contributed by atoms with Gasteiger partial charge in [0.1, 0.15) is 0 Å². The smallest absolute Gasteiger partial charge is 0.257 e. The number of nitrogen functional groups attached to an aromatic ring is 1. The van der Waals surface area contributed by atoms with E-state index in [9.17, 15) is 4.79 Å². The molecule has 3 N–H and O–H groups in total. The summed E-state index contributed by atoms with van der Waals surface area (Å²) in [5, 5.41) is 3.36. The number of nitrogens with two attached hydrogens (primary N) is 1. The van der Waals surface area contributed by atoms with Gasteiger partial charge in [-0.15, -0.1) is 0 Å². The molecule has 0 heterocycles. The first-order chi connectivity index (χ1) is 10.0. The number of carbonyl (C=O) groups excluding carboxylic acids is 1. The fourth-order valence-corrected chi connectivity index (χ4v) is 2.25. The number of nitrogens with one attached hydrogen (secondary N) is 1. The summed E-state index contributed by atoms with van der Waals surface area (Å²) in [5.74, 6) is 0.280. The number of hydrogen-bond acceptors (Lipinski definition) is 2. The molecule has 1 atom stereocenters. The van der Waals surface area contributed by atoms with Crippen molar-refractivity contribution >= 4 is 28.9 Å². The lowest BCUT2D eigenvalue weighted by Crippen LogP contribution is -2.14. The molecule has 2 rings (SSSR count). The molecule has 2 aromatic rings. The Hall–Kier alpha value is -2.00. The quantitative estimate of drug-likeness (QED) is 0.805. The maximum absolute atomic E-state index is 12.2.